The van der Waals surface area contributed by atoms with Crippen LogP contribution in [0.15, 0.2) is 36.7 Å². The summed E-state index contributed by atoms with van der Waals surface area (Å²) in [6.45, 7) is -1.70. The molecule has 1 aromatic carbocycles. The molecule has 0 radical (unpaired) electrons. The first kappa shape index (κ1) is 16.4. The minimum atomic E-state index is -2.88. The van der Waals surface area contributed by atoms with E-state index in [0.29, 0.717) is 30.8 Å². The molecular weight excluding hydrogens is 320 g/mol. The number of nitrogens with zero attached hydrogens (tertiary/aromatic N) is 3. The number of carbonyl (C=O) groups is 1. The molecule has 0 bridgehead atoms. The second kappa shape index (κ2) is 6.96. The van der Waals surface area contributed by atoms with Gasteiger partial charge in [0.1, 0.15) is 11.9 Å². The maximum atomic E-state index is 12.5. The molecule has 1 aromatic heterocycles. The SMILES string of the molecule is Cn1cc(C(=O)N2CCO[C@@H](c3cccc(OC(F)F)c3)C2)cn1. The van der Waals surface area contributed by atoms with Crippen LogP contribution in [0, 0.1) is 0 Å². The fourth-order valence-electron chi connectivity index (χ4n) is 2.64. The van der Waals surface area contributed by atoms with E-state index in [-0.39, 0.29) is 17.8 Å². The van der Waals surface area contributed by atoms with E-state index in [1.54, 1.807) is 35.0 Å². The lowest BCUT2D eigenvalue weighted by atomic mass is 10.1. The average Bonchev–Trinajstić information content (AvgIpc) is 3.00. The minimum absolute atomic E-state index is 0.0711. The fraction of sp³-hybridized carbons (Fsp3) is 0.375. The van der Waals surface area contributed by atoms with Crippen molar-refractivity contribution in [3.8, 4) is 5.75 Å². The molecule has 2 heterocycles. The van der Waals surface area contributed by atoms with Gasteiger partial charge in [0.05, 0.1) is 24.9 Å². The molecule has 1 aliphatic heterocycles. The van der Waals surface area contributed by atoms with E-state index in [1.165, 1.54) is 18.3 Å². The van der Waals surface area contributed by atoms with E-state index in [2.05, 4.69) is 9.84 Å². The van der Waals surface area contributed by atoms with Gasteiger partial charge in [0, 0.05) is 19.8 Å². The topological polar surface area (TPSA) is 56.6 Å². The third-order valence-corrected chi connectivity index (χ3v) is 3.76. The predicted octanol–water partition coefficient (Wildman–Crippen LogP) is 2.24. The largest absolute Gasteiger partial charge is 0.435 e. The number of aryl methyl sites for hydroxylation is 1. The van der Waals surface area contributed by atoms with Crippen LogP contribution in [0.25, 0.3) is 0 Å². The van der Waals surface area contributed by atoms with Crippen molar-refractivity contribution in [3.63, 3.8) is 0 Å². The lowest BCUT2D eigenvalue weighted by Crippen LogP contribution is -2.42. The Hall–Kier alpha value is -2.48. The number of ether oxygens (including phenoxy) is 2. The highest BCUT2D eigenvalue weighted by Gasteiger charge is 2.27. The summed E-state index contributed by atoms with van der Waals surface area (Å²) in [5, 5.41) is 4.00. The number of aromatic nitrogens is 2. The molecule has 1 atom stereocenters. The Kier molecular flexibility index (Phi) is 4.75. The minimum Gasteiger partial charge on any atom is -0.435 e. The van der Waals surface area contributed by atoms with Crippen LogP contribution >= 0.6 is 0 Å². The van der Waals surface area contributed by atoms with Crippen molar-refractivity contribution < 1.29 is 23.0 Å². The monoisotopic (exact) mass is 337 g/mol. The van der Waals surface area contributed by atoms with Crippen LogP contribution in [0.1, 0.15) is 22.0 Å². The highest BCUT2D eigenvalue weighted by Crippen LogP contribution is 2.26. The van der Waals surface area contributed by atoms with E-state index < -0.39 is 6.61 Å². The molecule has 24 heavy (non-hydrogen) atoms. The molecule has 1 saturated heterocycles. The zero-order chi connectivity index (χ0) is 17.1. The molecule has 1 aliphatic rings. The van der Waals surface area contributed by atoms with Crippen LogP contribution in [0.5, 0.6) is 5.75 Å². The van der Waals surface area contributed by atoms with Crippen molar-refractivity contribution in [3.05, 3.63) is 47.8 Å². The normalized spacial score (nSPS) is 18.0. The highest BCUT2D eigenvalue weighted by molar-refractivity contribution is 5.93. The first-order valence-corrected chi connectivity index (χ1v) is 7.47. The van der Waals surface area contributed by atoms with Crippen LogP contribution in [0.3, 0.4) is 0 Å². The molecule has 3 rings (SSSR count). The number of morpholine rings is 1. The molecule has 128 valence electrons. The lowest BCUT2D eigenvalue weighted by molar-refractivity contribution is -0.0504. The summed E-state index contributed by atoms with van der Waals surface area (Å²) in [4.78, 5) is 14.2. The second-order valence-corrected chi connectivity index (χ2v) is 5.46. The van der Waals surface area contributed by atoms with Crippen molar-refractivity contribution in [2.24, 2.45) is 7.05 Å². The number of halogens is 2. The first-order valence-electron chi connectivity index (χ1n) is 7.47. The average molecular weight is 337 g/mol. The molecule has 1 fully saturated rings. The molecule has 2 aromatic rings. The van der Waals surface area contributed by atoms with Gasteiger partial charge in [0.15, 0.2) is 0 Å². The summed E-state index contributed by atoms with van der Waals surface area (Å²) >= 11 is 0. The Morgan fingerprint density at radius 3 is 3.00 bits per heavy atom. The van der Waals surface area contributed by atoms with Gasteiger partial charge < -0.3 is 14.4 Å². The molecule has 0 saturated carbocycles. The zero-order valence-electron chi connectivity index (χ0n) is 13.1. The van der Waals surface area contributed by atoms with Gasteiger partial charge in [0.25, 0.3) is 5.91 Å². The third kappa shape index (κ3) is 3.70. The number of benzene rings is 1. The summed E-state index contributed by atoms with van der Waals surface area (Å²) < 4.78 is 36.3. The van der Waals surface area contributed by atoms with Gasteiger partial charge in [0.2, 0.25) is 0 Å². The molecule has 6 nitrogen and oxygen atoms in total. The lowest BCUT2D eigenvalue weighted by Gasteiger charge is -2.33. The summed E-state index contributed by atoms with van der Waals surface area (Å²) in [6, 6.07) is 6.35. The number of hydrogen-bond acceptors (Lipinski definition) is 4. The van der Waals surface area contributed by atoms with Crippen molar-refractivity contribution >= 4 is 5.91 Å². The molecule has 0 spiro atoms. The Morgan fingerprint density at radius 2 is 2.29 bits per heavy atom. The van der Waals surface area contributed by atoms with Gasteiger partial charge in [-0.3, -0.25) is 9.48 Å². The van der Waals surface area contributed by atoms with Gasteiger partial charge in [-0.15, -0.1) is 0 Å². The Labute approximate surface area is 137 Å². The van der Waals surface area contributed by atoms with Crippen LogP contribution in [0.2, 0.25) is 0 Å². The summed E-state index contributed by atoms with van der Waals surface area (Å²) in [5.74, 6) is -0.0572. The predicted molar refractivity (Wildman–Crippen MR) is 80.9 cm³/mol. The Bertz CT molecular complexity index is 720. The number of alkyl halides is 2. The Balaban J connectivity index is 1.72. The summed E-state index contributed by atoms with van der Waals surface area (Å²) in [5.41, 5.74) is 1.20. The van der Waals surface area contributed by atoms with Gasteiger partial charge >= 0.3 is 6.61 Å². The number of amides is 1. The van der Waals surface area contributed by atoms with Crippen LogP contribution in [-0.4, -0.2) is 46.9 Å². The standard InChI is InChI=1S/C16H17F2N3O3/c1-20-9-12(8-19-20)15(22)21-5-6-23-14(10-21)11-3-2-4-13(7-11)24-16(17)18/h2-4,7-9,14,16H,5-6,10H2,1H3/t14-/m1/s1. The summed E-state index contributed by atoms with van der Waals surface area (Å²) in [6.07, 6.45) is 2.79. The van der Waals surface area contributed by atoms with Crippen molar-refractivity contribution in [1.82, 2.24) is 14.7 Å². The van der Waals surface area contributed by atoms with Gasteiger partial charge in [-0.2, -0.15) is 13.9 Å². The summed E-state index contributed by atoms with van der Waals surface area (Å²) in [7, 11) is 1.74. The molecule has 0 N–H and O–H groups in total. The van der Waals surface area contributed by atoms with Crippen molar-refractivity contribution in [2.75, 3.05) is 19.7 Å². The first-order chi connectivity index (χ1) is 11.5. The van der Waals surface area contributed by atoms with E-state index in [1.807, 2.05) is 0 Å². The van der Waals surface area contributed by atoms with Crippen LogP contribution in [-0.2, 0) is 11.8 Å². The van der Waals surface area contributed by atoms with E-state index in [0.717, 1.165) is 0 Å². The highest BCUT2D eigenvalue weighted by atomic mass is 19.3. The zero-order valence-corrected chi connectivity index (χ0v) is 13.1. The fourth-order valence-corrected chi connectivity index (χ4v) is 2.64. The van der Waals surface area contributed by atoms with Gasteiger partial charge in [-0.05, 0) is 17.7 Å². The smallest absolute Gasteiger partial charge is 0.387 e. The quantitative estimate of drug-likeness (QED) is 0.859. The van der Waals surface area contributed by atoms with Gasteiger partial charge in [-0.1, -0.05) is 12.1 Å². The number of rotatable bonds is 4. The van der Waals surface area contributed by atoms with E-state index in [9.17, 15) is 13.6 Å². The maximum Gasteiger partial charge on any atom is 0.387 e. The molecule has 0 unspecified atom stereocenters. The van der Waals surface area contributed by atoms with E-state index in [4.69, 9.17) is 4.74 Å². The molecular formula is C16H17F2N3O3. The van der Waals surface area contributed by atoms with Crippen LogP contribution < -0.4 is 4.74 Å². The molecule has 0 aliphatic carbocycles. The third-order valence-electron chi connectivity index (χ3n) is 3.76. The van der Waals surface area contributed by atoms with Gasteiger partial charge in [-0.25, -0.2) is 0 Å². The molecule has 1 amide bonds. The Morgan fingerprint density at radius 1 is 1.46 bits per heavy atom. The number of hydrogen-bond donors (Lipinski definition) is 0. The number of carbonyl (C=O) groups excluding carboxylic acids is 1. The van der Waals surface area contributed by atoms with Crippen molar-refractivity contribution in [1.29, 1.82) is 0 Å². The second-order valence-electron chi connectivity index (χ2n) is 5.46. The van der Waals surface area contributed by atoms with E-state index >= 15 is 0 Å². The maximum absolute atomic E-state index is 12.5. The van der Waals surface area contributed by atoms with Crippen LogP contribution in [0.4, 0.5) is 8.78 Å². The molecule has 8 heteroatoms. The van der Waals surface area contributed by atoms with Crippen molar-refractivity contribution in [2.45, 2.75) is 12.7 Å².